The van der Waals surface area contributed by atoms with Gasteiger partial charge in [-0.05, 0) is 51.9 Å². The van der Waals surface area contributed by atoms with E-state index >= 15 is 0 Å². The first-order valence-corrected chi connectivity index (χ1v) is 8.69. The smallest absolute Gasteiger partial charge is 0.410 e. The molecule has 0 aliphatic carbocycles. The van der Waals surface area contributed by atoms with Crippen LogP contribution in [0.2, 0.25) is 0 Å². The largest absolute Gasteiger partial charge is 0.444 e. The Labute approximate surface area is 140 Å². The fourth-order valence-corrected chi connectivity index (χ4v) is 2.48. The van der Waals surface area contributed by atoms with Gasteiger partial charge in [0.2, 0.25) is 0 Å². The summed E-state index contributed by atoms with van der Waals surface area (Å²) in [4.78, 5) is 18.3. The number of nitrogens with two attached hydrogens (primary N) is 1. The fourth-order valence-electron chi connectivity index (χ4n) is 2.48. The van der Waals surface area contributed by atoms with Crippen molar-refractivity contribution < 1.29 is 9.53 Å². The number of hydrogen-bond acceptors (Lipinski definition) is 3. The number of guanidine groups is 1. The lowest BCUT2D eigenvalue weighted by atomic mass is 9.98. The zero-order chi connectivity index (χ0) is 17.5. The standard InChI is InChI=1S/C17H34N4O2/c1-13(2)8-9-19-15(18)20-11-14-7-6-10-21(12-14)16(22)23-17(3,4)5/h13-14H,6-12H2,1-5H3,(H3,18,19,20). The summed E-state index contributed by atoms with van der Waals surface area (Å²) in [6.45, 7) is 13.0. The first kappa shape index (κ1) is 19.6. The van der Waals surface area contributed by atoms with E-state index in [9.17, 15) is 4.79 Å². The van der Waals surface area contributed by atoms with Crippen molar-refractivity contribution in [3.05, 3.63) is 0 Å². The number of amides is 1. The molecular weight excluding hydrogens is 292 g/mol. The molecule has 1 atom stereocenters. The van der Waals surface area contributed by atoms with Crippen LogP contribution in [-0.2, 0) is 4.74 Å². The SMILES string of the molecule is CC(C)CCNC(N)=NCC1CCCN(C(=O)OC(C)(C)C)C1. The second-order valence-corrected chi connectivity index (χ2v) is 7.77. The molecule has 1 heterocycles. The minimum absolute atomic E-state index is 0.228. The summed E-state index contributed by atoms with van der Waals surface area (Å²) in [7, 11) is 0. The van der Waals surface area contributed by atoms with Crippen LogP contribution in [0.25, 0.3) is 0 Å². The zero-order valence-corrected chi connectivity index (χ0v) is 15.4. The molecule has 134 valence electrons. The lowest BCUT2D eigenvalue weighted by Gasteiger charge is -2.33. The van der Waals surface area contributed by atoms with Crippen LogP contribution in [0.3, 0.4) is 0 Å². The number of carbonyl (C=O) groups excluding carboxylic acids is 1. The maximum absolute atomic E-state index is 12.1. The van der Waals surface area contributed by atoms with Crippen molar-refractivity contribution in [3.63, 3.8) is 0 Å². The minimum atomic E-state index is -0.451. The van der Waals surface area contributed by atoms with Crippen molar-refractivity contribution in [1.29, 1.82) is 0 Å². The van der Waals surface area contributed by atoms with E-state index in [4.69, 9.17) is 10.5 Å². The number of nitrogens with zero attached hydrogens (tertiary/aromatic N) is 2. The Hall–Kier alpha value is -1.46. The fraction of sp³-hybridized carbons (Fsp3) is 0.882. The Morgan fingerprint density at radius 3 is 2.74 bits per heavy atom. The lowest BCUT2D eigenvalue weighted by Crippen LogP contribution is -2.43. The Kier molecular flexibility index (Phi) is 7.65. The average molecular weight is 326 g/mol. The van der Waals surface area contributed by atoms with E-state index in [1.807, 2.05) is 20.8 Å². The molecule has 0 aromatic heterocycles. The van der Waals surface area contributed by atoms with Crippen molar-refractivity contribution in [2.45, 2.75) is 59.5 Å². The topological polar surface area (TPSA) is 80.0 Å². The number of carbonyl (C=O) groups is 1. The molecule has 0 spiro atoms. The molecule has 1 unspecified atom stereocenters. The predicted octanol–water partition coefficient (Wildman–Crippen LogP) is 2.58. The molecule has 6 heteroatoms. The number of likely N-dealkylation sites (tertiary alicyclic amines) is 1. The first-order valence-electron chi connectivity index (χ1n) is 8.69. The van der Waals surface area contributed by atoms with Crippen LogP contribution < -0.4 is 11.1 Å². The van der Waals surface area contributed by atoms with Crippen molar-refractivity contribution in [1.82, 2.24) is 10.2 Å². The number of ether oxygens (including phenoxy) is 1. The van der Waals surface area contributed by atoms with Gasteiger partial charge in [0.25, 0.3) is 0 Å². The second-order valence-electron chi connectivity index (χ2n) is 7.77. The Bertz CT molecular complexity index is 402. The summed E-state index contributed by atoms with van der Waals surface area (Å²) < 4.78 is 5.44. The van der Waals surface area contributed by atoms with E-state index in [-0.39, 0.29) is 6.09 Å². The van der Waals surface area contributed by atoms with Crippen LogP contribution in [-0.4, -0.2) is 48.7 Å². The normalized spacial score (nSPS) is 19.8. The number of piperidine rings is 1. The molecule has 0 saturated carbocycles. The van der Waals surface area contributed by atoms with E-state index in [1.54, 1.807) is 4.90 Å². The summed E-state index contributed by atoms with van der Waals surface area (Å²) in [5.74, 6) is 1.50. The van der Waals surface area contributed by atoms with Gasteiger partial charge in [0, 0.05) is 26.2 Å². The van der Waals surface area contributed by atoms with Gasteiger partial charge in [-0.25, -0.2) is 4.79 Å². The molecule has 1 aliphatic rings. The molecular formula is C17H34N4O2. The third-order valence-electron chi connectivity index (χ3n) is 3.72. The quantitative estimate of drug-likeness (QED) is 0.601. The van der Waals surface area contributed by atoms with Gasteiger partial charge in [0.15, 0.2) is 5.96 Å². The Morgan fingerprint density at radius 1 is 1.43 bits per heavy atom. The second kappa shape index (κ2) is 8.99. The number of rotatable bonds is 5. The van der Waals surface area contributed by atoms with Gasteiger partial charge in [-0.2, -0.15) is 0 Å². The molecule has 0 aromatic carbocycles. The lowest BCUT2D eigenvalue weighted by molar-refractivity contribution is 0.0171. The predicted molar refractivity (Wildman–Crippen MR) is 94.5 cm³/mol. The third kappa shape index (κ3) is 8.67. The van der Waals surface area contributed by atoms with E-state index in [2.05, 4.69) is 24.2 Å². The van der Waals surface area contributed by atoms with Crippen molar-refractivity contribution in [3.8, 4) is 0 Å². The molecule has 1 amide bonds. The summed E-state index contributed by atoms with van der Waals surface area (Å²) in [5, 5.41) is 3.14. The first-order chi connectivity index (χ1) is 10.7. The number of aliphatic imine (C=N–C) groups is 1. The molecule has 1 saturated heterocycles. The van der Waals surface area contributed by atoms with Crippen LogP contribution in [0.5, 0.6) is 0 Å². The monoisotopic (exact) mass is 326 g/mol. The van der Waals surface area contributed by atoms with Crippen LogP contribution in [0.15, 0.2) is 4.99 Å². The molecule has 23 heavy (non-hydrogen) atoms. The molecule has 1 rings (SSSR count). The van der Waals surface area contributed by atoms with E-state index in [0.29, 0.717) is 30.9 Å². The van der Waals surface area contributed by atoms with Crippen molar-refractivity contribution in [2.75, 3.05) is 26.2 Å². The summed E-state index contributed by atoms with van der Waals surface area (Å²) in [5.41, 5.74) is 5.44. The molecule has 1 aliphatic heterocycles. The van der Waals surface area contributed by atoms with E-state index in [0.717, 1.165) is 32.4 Å². The van der Waals surface area contributed by atoms with Gasteiger partial charge in [-0.3, -0.25) is 4.99 Å². The van der Waals surface area contributed by atoms with E-state index in [1.165, 1.54) is 0 Å². The Balaban J connectivity index is 2.38. The van der Waals surface area contributed by atoms with Crippen molar-refractivity contribution >= 4 is 12.1 Å². The van der Waals surface area contributed by atoms with Gasteiger partial charge in [0.05, 0.1) is 0 Å². The van der Waals surface area contributed by atoms with Crippen LogP contribution in [0.4, 0.5) is 4.79 Å². The van der Waals surface area contributed by atoms with Crippen molar-refractivity contribution in [2.24, 2.45) is 22.6 Å². The summed E-state index contributed by atoms with van der Waals surface area (Å²) >= 11 is 0. The van der Waals surface area contributed by atoms with Crippen LogP contribution in [0.1, 0.15) is 53.9 Å². The molecule has 0 radical (unpaired) electrons. The third-order valence-corrected chi connectivity index (χ3v) is 3.72. The van der Waals surface area contributed by atoms with Gasteiger partial charge < -0.3 is 20.7 Å². The highest BCUT2D eigenvalue weighted by atomic mass is 16.6. The zero-order valence-electron chi connectivity index (χ0n) is 15.4. The average Bonchev–Trinajstić information content (AvgIpc) is 2.43. The van der Waals surface area contributed by atoms with E-state index < -0.39 is 5.60 Å². The van der Waals surface area contributed by atoms with Gasteiger partial charge in [0.1, 0.15) is 5.60 Å². The van der Waals surface area contributed by atoms with Crippen LogP contribution in [0, 0.1) is 11.8 Å². The molecule has 0 aromatic rings. The van der Waals surface area contributed by atoms with Crippen LogP contribution >= 0.6 is 0 Å². The maximum atomic E-state index is 12.1. The van der Waals surface area contributed by atoms with Gasteiger partial charge >= 0.3 is 6.09 Å². The number of hydrogen-bond donors (Lipinski definition) is 2. The van der Waals surface area contributed by atoms with Gasteiger partial charge in [-0.1, -0.05) is 13.8 Å². The molecule has 3 N–H and O–H groups in total. The number of nitrogens with one attached hydrogen (secondary N) is 1. The maximum Gasteiger partial charge on any atom is 0.410 e. The molecule has 1 fully saturated rings. The molecule has 0 bridgehead atoms. The summed E-state index contributed by atoms with van der Waals surface area (Å²) in [6.07, 6.45) is 2.91. The Morgan fingerprint density at radius 2 is 2.13 bits per heavy atom. The minimum Gasteiger partial charge on any atom is -0.444 e. The highest BCUT2D eigenvalue weighted by Crippen LogP contribution is 2.19. The molecule has 6 nitrogen and oxygen atoms in total. The highest BCUT2D eigenvalue weighted by molar-refractivity contribution is 5.77. The summed E-state index contributed by atoms with van der Waals surface area (Å²) in [6, 6.07) is 0. The highest BCUT2D eigenvalue weighted by Gasteiger charge is 2.27. The van der Waals surface area contributed by atoms with Gasteiger partial charge in [-0.15, -0.1) is 0 Å².